The lowest BCUT2D eigenvalue weighted by Crippen LogP contribution is -2.10. The molecule has 0 saturated heterocycles. The highest BCUT2D eigenvalue weighted by molar-refractivity contribution is 5.67. The minimum Gasteiger partial charge on any atom is -0.493 e. The van der Waals surface area contributed by atoms with Gasteiger partial charge in [-0.15, -0.1) is 0 Å². The summed E-state index contributed by atoms with van der Waals surface area (Å²) >= 11 is 0. The second-order valence-electron chi connectivity index (χ2n) is 5.23. The number of ether oxygens (including phenoxy) is 4. The number of carbonyl (C=O) groups is 1. The average molecular weight is 346 g/mol. The van der Waals surface area contributed by atoms with E-state index in [1.807, 2.05) is 30.3 Å². The molecular weight excluding hydrogens is 324 g/mol. The summed E-state index contributed by atoms with van der Waals surface area (Å²) in [5.74, 6) is 1.64. The second kappa shape index (κ2) is 9.42. The van der Waals surface area contributed by atoms with Gasteiger partial charge >= 0.3 is 5.97 Å². The van der Waals surface area contributed by atoms with Crippen molar-refractivity contribution < 1.29 is 28.8 Å². The van der Waals surface area contributed by atoms with Gasteiger partial charge in [0.1, 0.15) is 13.2 Å². The highest BCUT2D eigenvalue weighted by Gasteiger charge is 2.08. The van der Waals surface area contributed by atoms with E-state index >= 15 is 0 Å². The molecule has 0 aliphatic carbocycles. The van der Waals surface area contributed by atoms with Gasteiger partial charge in [-0.25, -0.2) is 0 Å². The summed E-state index contributed by atoms with van der Waals surface area (Å²) in [5.41, 5.74) is 0.879. The van der Waals surface area contributed by atoms with Crippen LogP contribution in [0.1, 0.15) is 12.0 Å². The molecule has 0 unspecified atom stereocenters. The molecule has 134 valence electrons. The molecule has 0 atom stereocenters. The van der Waals surface area contributed by atoms with Crippen LogP contribution in [0.15, 0.2) is 42.5 Å². The summed E-state index contributed by atoms with van der Waals surface area (Å²) in [7, 11) is 3.15. The fraction of sp³-hybridized carbons (Fsp3) is 0.316. The van der Waals surface area contributed by atoms with Gasteiger partial charge in [0, 0.05) is 6.42 Å². The lowest BCUT2D eigenvalue weighted by Gasteiger charge is -2.14. The van der Waals surface area contributed by atoms with E-state index in [1.165, 1.54) is 0 Å². The fourth-order valence-corrected chi connectivity index (χ4v) is 2.28. The van der Waals surface area contributed by atoms with Crippen molar-refractivity contribution in [2.75, 3.05) is 27.4 Å². The van der Waals surface area contributed by atoms with Gasteiger partial charge in [0.25, 0.3) is 0 Å². The maximum absolute atomic E-state index is 10.7. The first-order valence-corrected chi connectivity index (χ1v) is 7.91. The Bertz CT molecular complexity index is 698. The lowest BCUT2D eigenvalue weighted by molar-refractivity contribution is -0.136. The molecule has 25 heavy (non-hydrogen) atoms. The first-order valence-electron chi connectivity index (χ1n) is 7.91. The molecule has 0 aromatic heterocycles. The van der Waals surface area contributed by atoms with Crippen LogP contribution in [-0.4, -0.2) is 38.5 Å². The van der Waals surface area contributed by atoms with Crippen LogP contribution in [0.25, 0.3) is 0 Å². The number of para-hydroxylation sites is 2. The van der Waals surface area contributed by atoms with Crippen molar-refractivity contribution in [3.8, 4) is 23.0 Å². The number of rotatable bonds is 10. The number of hydrogen-bond donors (Lipinski definition) is 1. The van der Waals surface area contributed by atoms with Crippen LogP contribution in [0.5, 0.6) is 23.0 Å². The Labute approximate surface area is 146 Å². The molecule has 0 bridgehead atoms. The molecular formula is C19H22O6. The normalized spacial score (nSPS) is 10.2. The van der Waals surface area contributed by atoms with Crippen molar-refractivity contribution in [3.05, 3.63) is 48.0 Å². The van der Waals surface area contributed by atoms with Gasteiger partial charge < -0.3 is 24.1 Å². The van der Waals surface area contributed by atoms with E-state index < -0.39 is 5.97 Å². The predicted molar refractivity (Wildman–Crippen MR) is 92.9 cm³/mol. The molecule has 2 aromatic rings. The molecule has 6 heteroatoms. The zero-order valence-corrected chi connectivity index (χ0v) is 14.4. The van der Waals surface area contributed by atoms with Gasteiger partial charge in [-0.3, -0.25) is 4.79 Å². The number of aliphatic carboxylic acids is 1. The number of carboxylic acids is 1. The summed E-state index contributed by atoms with van der Waals surface area (Å²) in [6.07, 6.45) is 0.510. The van der Waals surface area contributed by atoms with E-state index in [9.17, 15) is 4.79 Å². The zero-order valence-electron chi connectivity index (χ0n) is 14.4. The summed E-state index contributed by atoms with van der Waals surface area (Å²) in [5, 5.41) is 8.79. The minimum atomic E-state index is -0.830. The molecule has 0 aliphatic heterocycles. The number of benzene rings is 2. The second-order valence-corrected chi connectivity index (χ2v) is 5.23. The van der Waals surface area contributed by atoms with Crippen LogP contribution >= 0.6 is 0 Å². The van der Waals surface area contributed by atoms with Gasteiger partial charge in [-0.2, -0.15) is 0 Å². The summed E-state index contributed by atoms with van der Waals surface area (Å²) in [6, 6.07) is 12.8. The third-order valence-electron chi connectivity index (χ3n) is 3.52. The number of aryl methyl sites for hydroxylation is 1. The Morgan fingerprint density at radius 3 is 2.12 bits per heavy atom. The van der Waals surface area contributed by atoms with Crippen LogP contribution < -0.4 is 18.9 Å². The van der Waals surface area contributed by atoms with Crippen molar-refractivity contribution in [2.45, 2.75) is 12.8 Å². The van der Waals surface area contributed by atoms with E-state index in [0.29, 0.717) is 42.6 Å². The molecule has 1 N–H and O–H groups in total. The molecule has 0 fully saturated rings. The molecule has 0 aliphatic rings. The molecule has 6 nitrogen and oxygen atoms in total. The maximum Gasteiger partial charge on any atom is 0.303 e. The average Bonchev–Trinajstić information content (AvgIpc) is 2.64. The lowest BCUT2D eigenvalue weighted by atomic mass is 10.1. The topological polar surface area (TPSA) is 74.2 Å². The van der Waals surface area contributed by atoms with Crippen LogP contribution in [0, 0.1) is 0 Å². The fourth-order valence-electron chi connectivity index (χ4n) is 2.28. The largest absolute Gasteiger partial charge is 0.493 e. The van der Waals surface area contributed by atoms with E-state index in [4.69, 9.17) is 24.1 Å². The van der Waals surface area contributed by atoms with Crippen LogP contribution in [0.2, 0.25) is 0 Å². The molecule has 0 heterocycles. The Balaban J connectivity index is 1.92. The Morgan fingerprint density at radius 1 is 0.880 bits per heavy atom. The summed E-state index contributed by atoms with van der Waals surface area (Å²) in [4.78, 5) is 10.7. The molecule has 0 saturated carbocycles. The van der Waals surface area contributed by atoms with E-state index in [2.05, 4.69) is 0 Å². The van der Waals surface area contributed by atoms with Gasteiger partial charge in [0.05, 0.1) is 14.2 Å². The van der Waals surface area contributed by atoms with Crippen molar-refractivity contribution in [3.63, 3.8) is 0 Å². The molecule has 0 spiro atoms. The first kappa shape index (κ1) is 18.4. The van der Waals surface area contributed by atoms with Gasteiger partial charge in [-0.1, -0.05) is 18.2 Å². The quantitative estimate of drug-likeness (QED) is 0.666. The standard InChI is InChI=1S/C19H22O6/c1-22-15-5-3-4-6-17(15)24-11-12-25-18-13-14(8-10-19(20)21)7-9-16(18)23-2/h3-7,9,13H,8,10-12H2,1-2H3,(H,20,21). The van der Waals surface area contributed by atoms with Crippen LogP contribution in [-0.2, 0) is 11.2 Å². The third-order valence-corrected chi connectivity index (χ3v) is 3.52. The SMILES string of the molecule is COc1ccccc1OCCOc1cc(CCC(=O)O)ccc1OC. The Hall–Kier alpha value is -2.89. The summed E-state index contributed by atoms with van der Waals surface area (Å²) in [6.45, 7) is 0.652. The van der Waals surface area contributed by atoms with Crippen molar-refractivity contribution in [1.82, 2.24) is 0 Å². The predicted octanol–water partition coefficient (Wildman–Crippen LogP) is 3.18. The summed E-state index contributed by atoms with van der Waals surface area (Å²) < 4.78 is 21.9. The van der Waals surface area contributed by atoms with E-state index in [-0.39, 0.29) is 6.42 Å². The van der Waals surface area contributed by atoms with Crippen molar-refractivity contribution >= 4 is 5.97 Å². The zero-order chi connectivity index (χ0) is 18.1. The van der Waals surface area contributed by atoms with Crippen molar-refractivity contribution in [2.24, 2.45) is 0 Å². The van der Waals surface area contributed by atoms with Crippen LogP contribution in [0.4, 0.5) is 0 Å². The van der Waals surface area contributed by atoms with Gasteiger partial charge in [0.15, 0.2) is 23.0 Å². The number of carboxylic acid groups (broad SMARTS) is 1. The minimum absolute atomic E-state index is 0.0721. The Kier molecular flexibility index (Phi) is 6.95. The number of methoxy groups -OCH3 is 2. The molecule has 2 aromatic carbocycles. The highest BCUT2D eigenvalue weighted by atomic mass is 16.5. The maximum atomic E-state index is 10.7. The van der Waals surface area contributed by atoms with Gasteiger partial charge in [0.2, 0.25) is 0 Å². The monoisotopic (exact) mass is 346 g/mol. The van der Waals surface area contributed by atoms with Gasteiger partial charge in [-0.05, 0) is 36.2 Å². The molecule has 0 amide bonds. The smallest absolute Gasteiger partial charge is 0.303 e. The van der Waals surface area contributed by atoms with Crippen LogP contribution in [0.3, 0.4) is 0 Å². The molecule has 0 radical (unpaired) electrons. The highest BCUT2D eigenvalue weighted by Crippen LogP contribution is 2.29. The van der Waals surface area contributed by atoms with Crippen molar-refractivity contribution in [1.29, 1.82) is 0 Å². The Morgan fingerprint density at radius 2 is 1.48 bits per heavy atom. The molecule has 2 rings (SSSR count). The van der Waals surface area contributed by atoms with E-state index in [1.54, 1.807) is 26.4 Å². The first-order chi connectivity index (χ1) is 12.1. The van der Waals surface area contributed by atoms with E-state index in [0.717, 1.165) is 5.56 Å². The third kappa shape index (κ3) is 5.60. The number of hydrogen-bond acceptors (Lipinski definition) is 5.